The summed E-state index contributed by atoms with van der Waals surface area (Å²) < 4.78 is 26.6. The molecule has 0 spiro atoms. The van der Waals surface area contributed by atoms with Crippen LogP contribution in [0.3, 0.4) is 0 Å². The van der Waals surface area contributed by atoms with Gasteiger partial charge in [0, 0.05) is 30.3 Å². The van der Waals surface area contributed by atoms with Gasteiger partial charge in [0.2, 0.25) is 11.8 Å². The summed E-state index contributed by atoms with van der Waals surface area (Å²) in [6.45, 7) is 7.57. The van der Waals surface area contributed by atoms with Crippen molar-refractivity contribution < 1.29 is 23.5 Å². The van der Waals surface area contributed by atoms with Gasteiger partial charge in [0.1, 0.15) is 17.5 Å². The van der Waals surface area contributed by atoms with Crippen LogP contribution in [0.2, 0.25) is 0 Å². The highest BCUT2D eigenvalue weighted by atomic mass is 19.1. The first-order valence-electron chi connectivity index (χ1n) is 12.7. The van der Waals surface area contributed by atoms with E-state index in [1.165, 1.54) is 12.1 Å². The van der Waals surface area contributed by atoms with Gasteiger partial charge in [-0.05, 0) is 63.6 Å². The van der Waals surface area contributed by atoms with Crippen molar-refractivity contribution in [3.8, 4) is 17.1 Å². The number of hydrogen-bond acceptors (Lipinski definition) is 6. The van der Waals surface area contributed by atoms with Crippen molar-refractivity contribution in [2.24, 2.45) is 0 Å². The lowest BCUT2D eigenvalue weighted by molar-refractivity contribution is -0.117. The van der Waals surface area contributed by atoms with Gasteiger partial charge in [-0.1, -0.05) is 24.3 Å². The van der Waals surface area contributed by atoms with Crippen molar-refractivity contribution in [2.45, 2.75) is 51.9 Å². The maximum Gasteiger partial charge on any atom is 0.407 e. The molecule has 10 heteroatoms. The molecule has 2 aromatic heterocycles. The number of carbonyl (C=O) groups is 2. The Kier molecular flexibility index (Phi) is 6.94. The number of anilines is 1. The highest BCUT2D eigenvalue weighted by Crippen LogP contribution is 2.28. The predicted molar refractivity (Wildman–Crippen MR) is 144 cm³/mol. The molecule has 3 heterocycles. The summed E-state index contributed by atoms with van der Waals surface area (Å²) in [6.07, 6.45) is 0.989. The maximum atomic E-state index is 13.6. The molecule has 2 atom stereocenters. The van der Waals surface area contributed by atoms with E-state index in [-0.39, 0.29) is 24.2 Å². The fourth-order valence-corrected chi connectivity index (χ4v) is 4.46. The van der Waals surface area contributed by atoms with Crippen LogP contribution in [0.25, 0.3) is 16.9 Å². The van der Waals surface area contributed by atoms with Crippen LogP contribution in [0.1, 0.15) is 45.8 Å². The molecule has 0 bridgehead atoms. The molecule has 202 valence electrons. The zero-order valence-electron chi connectivity index (χ0n) is 22.2. The number of imidazole rings is 1. The molecule has 0 aliphatic carbocycles. The number of hydrogen-bond donors (Lipinski definition) is 1. The highest BCUT2D eigenvalue weighted by molar-refractivity contribution is 5.96. The van der Waals surface area contributed by atoms with Gasteiger partial charge in [-0.25, -0.2) is 18.7 Å². The van der Waals surface area contributed by atoms with E-state index >= 15 is 0 Å². The Bertz CT molecular complexity index is 1510. The minimum absolute atomic E-state index is 0.0746. The number of halogens is 1. The molecule has 9 nitrogen and oxygen atoms in total. The van der Waals surface area contributed by atoms with E-state index in [4.69, 9.17) is 9.47 Å². The molecule has 1 saturated heterocycles. The molecule has 1 aliphatic rings. The van der Waals surface area contributed by atoms with Gasteiger partial charge in [0.25, 0.3) is 0 Å². The van der Waals surface area contributed by atoms with Crippen molar-refractivity contribution >= 4 is 23.3 Å². The third kappa shape index (κ3) is 6.00. The monoisotopic (exact) mass is 531 g/mol. The second-order valence-corrected chi connectivity index (χ2v) is 10.5. The smallest absolute Gasteiger partial charge is 0.407 e. The van der Waals surface area contributed by atoms with E-state index in [1.54, 1.807) is 60.6 Å². The Balaban J connectivity index is 1.30. The van der Waals surface area contributed by atoms with Crippen LogP contribution in [0.15, 0.2) is 66.9 Å². The van der Waals surface area contributed by atoms with E-state index in [9.17, 15) is 14.0 Å². The first kappa shape index (κ1) is 26.1. The first-order valence-corrected chi connectivity index (χ1v) is 12.7. The third-order valence-corrected chi connectivity index (χ3v) is 6.27. The molecule has 0 radical (unpaired) electrons. The zero-order chi connectivity index (χ0) is 27.7. The third-order valence-electron chi connectivity index (χ3n) is 6.27. The van der Waals surface area contributed by atoms with Crippen LogP contribution in [0.5, 0.6) is 5.88 Å². The molecule has 1 fully saturated rings. The molecule has 39 heavy (non-hydrogen) atoms. The quantitative estimate of drug-likeness (QED) is 0.362. The van der Waals surface area contributed by atoms with Gasteiger partial charge in [-0.15, -0.1) is 5.10 Å². The zero-order valence-corrected chi connectivity index (χ0v) is 22.2. The van der Waals surface area contributed by atoms with E-state index in [0.717, 1.165) is 16.9 Å². The summed E-state index contributed by atoms with van der Waals surface area (Å²) in [5.41, 5.74) is 3.07. The van der Waals surface area contributed by atoms with Crippen LogP contribution in [-0.4, -0.2) is 44.8 Å². The normalized spacial score (nSPS) is 16.4. The number of nitrogens with one attached hydrogen (secondary N) is 1. The molecule has 2 aromatic carbocycles. The minimum atomic E-state index is -0.610. The standard InChI is InChI=1S/C29H30FN5O4/c1-18(20-6-5-7-21(30)14-20)38-26-13-12-25-31-16-24(35(25)33-26)19-8-10-23(11-9-19)34-17-22(15-27(34)36)32-28(37)39-29(2,3)4/h5-14,16,18,22H,15,17H2,1-4H3,(H,32,37)/t18-,22-/m1/s1. The summed E-state index contributed by atoms with van der Waals surface area (Å²) in [5.74, 6) is -0.0204. The lowest BCUT2D eigenvalue weighted by Gasteiger charge is -2.22. The van der Waals surface area contributed by atoms with Gasteiger partial charge in [0.15, 0.2) is 5.65 Å². The summed E-state index contributed by atoms with van der Waals surface area (Å²) in [4.78, 5) is 30.9. The highest BCUT2D eigenvalue weighted by Gasteiger charge is 2.32. The number of fused-ring (bicyclic) bond motifs is 1. The van der Waals surface area contributed by atoms with Crippen molar-refractivity contribution in [3.05, 3.63) is 78.2 Å². The average molecular weight is 532 g/mol. The van der Waals surface area contributed by atoms with Crippen LogP contribution in [-0.2, 0) is 9.53 Å². The Hall–Kier alpha value is -4.47. The van der Waals surface area contributed by atoms with Crippen LogP contribution >= 0.6 is 0 Å². The molecule has 5 rings (SSSR count). The van der Waals surface area contributed by atoms with Crippen molar-refractivity contribution in [1.29, 1.82) is 0 Å². The maximum absolute atomic E-state index is 13.6. The van der Waals surface area contributed by atoms with Crippen LogP contribution in [0, 0.1) is 5.82 Å². The van der Waals surface area contributed by atoms with E-state index in [1.807, 2.05) is 31.2 Å². The van der Waals surface area contributed by atoms with Crippen LogP contribution < -0.4 is 15.0 Å². The molecule has 2 amide bonds. The van der Waals surface area contributed by atoms with Gasteiger partial charge in [-0.2, -0.15) is 0 Å². The van der Waals surface area contributed by atoms with Gasteiger partial charge >= 0.3 is 6.09 Å². The van der Waals surface area contributed by atoms with E-state index in [2.05, 4.69) is 15.4 Å². The molecule has 0 unspecified atom stereocenters. The molecular weight excluding hydrogens is 501 g/mol. The van der Waals surface area contributed by atoms with E-state index < -0.39 is 17.8 Å². The fourth-order valence-electron chi connectivity index (χ4n) is 4.46. The second-order valence-electron chi connectivity index (χ2n) is 10.5. The Morgan fingerprint density at radius 2 is 1.90 bits per heavy atom. The lowest BCUT2D eigenvalue weighted by atomic mass is 10.1. The second kappa shape index (κ2) is 10.4. The number of ether oxygens (including phenoxy) is 2. The van der Waals surface area contributed by atoms with Gasteiger partial charge in [0.05, 0.1) is 17.9 Å². The number of amides is 2. The van der Waals surface area contributed by atoms with E-state index in [0.29, 0.717) is 23.6 Å². The molecular formula is C29H30FN5O4. The summed E-state index contributed by atoms with van der Waals surface area (Å²) >= 11 is 0. The predicted octanol–water partition coefficient (Wildman–Crippen LogP) is 5.31. The van der Waals surface area contributed by atoms with Crippen molar-refractivity contribution in [1.82, 2.24) is 19.9 Å². The first-order chi connectivity index (χ1) is 18.6. The number of alkyl carbamates (subject to hydrolysis) is 1. The van der Waals surface area contributed by atoms with Gasteiger partial charge < -0.3 is 19.7 Å². The SMILES string of the molecule is C[C@@H](Oc1ccc2ncc(-c3ccc(N4C[C@H](NC(=O)OC(C)(C)C)CC4=O)cc3)n2n1)c1cccc(F)c1. The van der Waals surface area contributed by atoms with Crippen LogP contribution in [0.4, 0.5) is 14.9 Å². The minimum Gasteiger partial charge on any atom is -0.469 e. The number of rotatable bonds is 6. The largest absolute Gasteiger partial charge is 0.469 e. The summed E-state index contributed by atoms with van der Waals surface area (Å²) in [5, 5.41) is 7.37. The van der Waals surface area contributed by atoms with Crippen molar-refractivity contribution in [3.63, 3.8) is 0 Å². The summed E-state index contributed by atoms with van der Waals surface area (Å²) in [7, 11) is 0. The molecule has 0 saturated carbocycles. The fraction of sp³-hybridized carbons (Fsp3) is 0.310. The molecule has 1 aliphatic heterocycles. The number of carbonyl (C=O) groups excluding carboxylic acids is 2. The topological polar surface area (TPSA) is 98.1 Å². The number of benzene rings is 2. The lowest BCUT2D eigenvalue weighted by Crippen LogP contribution is -2.40. The Labute approximate surface area is 225 Å². The van der Waals surface area contributed by atoms with Crippen molar-refractivity contribution in [2.75, 3.05) is 11.4 Å². The average Bonchev–Trinajstić information content (AvgIpc) is 3.45. The molecule has 4 aromatic rings. The Morgan fingerprint density at radius 1 is 1.13 bits per heavy atom. The number of nitrogens with zero attached hydrogens (tertiary/aromatic N) is 4. The van der Waals surface area contributed by atoms with Gasteiger partial charge in [-0.3, -0.25) is 4.79 Å². The Morgan fingerprint density at radius 3 is 2.62 bits per heavy atom. The molecule has 1 N–H and O–H groups in total. The number of aromatic nitrogens is 3. The summed E-state index contributed by atoms with van der Waals surface area (Å²) in [6, 6.07) is 17.0.